The number of halogens is 1. The predicted molar refractivity (Wildman–Crippen MR) is 74.4 cm³/mol. The molecule has 0 spiro atoms. The molecule has 0 radical (unpaired) electrons. The molecule has 92 valence electrons. The lowest BCUT2D eigenvalue weighted by atomic mass is 10.2. The van der Waals surface area contributed by atoms with E-state index < -0.39 is 4.92 Å². The van der Waals surface area contributed by atoms with Crippen LogP contribution in [0.1, 0.15) is 5.56 Å². The topological polar surface area (TPSA) is 43.1 Å². The molecule has 0 amide bonds. The number of hydrogen-bond acceptors (Lipinski definition) is 2. The van der Waals surface area contributed by atoms with E-state index in [1.165, 1.54) is 17.7 Å². The zero-order valence-electron chi connectivity index (χ0n) is 9.57. The first-order valence-electron chi connectivity index (χ1n) is 5.25. The molecule has 4 heteroatoms. The van der Waals surface area contributed by atoms with E-state index in [0.717, 1.165) is 5.56 Å². The summed E-state index contributed by atoms with van der Waals surface area (Å²) in [5.74, 6) is 0. The van der Waals surface area contributed by atoms with Crippen molar-refractivity contribution in [3.05, 3.63) is 81.9 Å². The van der Waals surface area contributed by atoms with Gasteiger partial charge in [0.25, 0.3) is 5.69 Å². The second-order valence-electron chi connectivity index (χ2n) is 3.30. The van der Waals surface area contributed by atoms with Gasteiger partial charge in [0.2, 0.25) is 0 Å². The molecule has 0 heterocycles. The summed E-state index contributed by atoms with van der Waals surface area (Å²) >= 11 is 5.36. The van der Waals surface area contributed by atoms with Crippen molar-refractivity contribution in [2.45, 2.75) is 0 Å². The number of nitro benzene ring substituents is 1. The third-order valence-electron chi connectivity index (χ3n) is 2.02. The first-order valence-corrected chi connectivity index (χ1v) is 5.69. The van der Waals surface area contributed by atoms with Crippen LogP contribution in [-0.4, -0.2) is 4.92 Å². The zero-order valence-corrected chi connectivity index (χ0v) is 10.3. The number of benzene rings is 2. The van der Waals surface area contributed by atoms with Crippen LogP contribution in [0.2, 0.25) is 0 Å². The number of para-hydroxylation sites is 1. The Labute approximate surface area is 110 Å². The highest BCUT2D eigenvalue weighted by Crippen LogP contribution is 2.06. The minimum absolute atomic E-state index is 0.137. The highest BCUT2D eigenvalue weighted by atomic mass is 35.5. The van der Waals surface area contributed by atoms with E-state index in [9.17, 15) is 10.1 Å². The van der Waals surface area contributed by atoms with Crippen molar-refractivity contribution in [2.24, 2.45) is 0 Å². The Morgan fingerprint density at radius 3 is 1.83 bits per heavy atom. The number of hydrogen-bond donors (Lipinski definition) is 0. The van der Waals surface area contributed by atoms with Gasteiger partial charge in [-0.2, -0.15) is 0 Å². The molecule has 0 aliphatic heterocycles. The number of rotatable bonds is 2. The van der Waals surface area contributed by atoms with E-state index in [1.807, 2.05) is 36.4 Å². The van der Waals surface area contributed by atoms with Gasteiger partial charge in [-0.3, -0.25) is 10.1 Å². The number of nitrogens with zero attached hydrogens (tertiary/aromatic N) is 1. The van der Waals surface area contributed by atoms with Crippen LogP contribution in [0, 0.1) is 10.1 Å². The lowest BCUT2D eigenvalue weighted by molar-refractivity contribution is -0.384. The molecule has 0 aliphatic carbocycles. The van der Waals surface area contributed by atoms with Gasteiger partial charge in [-0.1, -0.05) is 60.1 Å². The first-order chi connectivity index (χ1) is 8.74. The SMILES string of the molecule is ClC=Cc1ccccc1.O=[N+]([O-])c1ccccc1. The molecule has 2 aromatic rings. The van der Waals surface area contributed by atoms with Gasteiger partial charge in [0, 0.05) is 17.7 Å². The van der Waals surface area contributed by atoms with Gasteiger partial charge < -0.3 is 0 Å². The molecule has 3 nitrogen and oxygen atoms in total. The highest BCUT2D eigenvalue weighted by Gasteiger charge is 1.98. The van der Waals surface area contributed by atoms with E-state index in [2.05, 4.69) is 0 Å². The summed E-state index contributed by atoms with van der Waals surface area (Å²) in [7, 11) is 0. The third-order valence-corrected chi connectivity index (χ3v) is 2.15. The van der Waals surface area contributed by atoms with Crippen LogP contribution in [0.4, 0.5) is 5.69 Å². The first kappa shape index (κ1) is 13.9. The van der Waals surface area contributed by atoms with Crippen LogP contribution in [0.25, 0.3) is 6.08 Å². The van der Waals surface area contributed by atoms with Crippen molar-refractivity contribution in [1.29, 1.82) is 0 Å². The molecule has 0 saturated carbocycles. The van der Waals surface area contributed by atoms with Crippen LogP contribution < -0.4 is 0 Å². The molecule has 0 N–H and O–H groups in total. The van der Waals surface area contributed by atoms with Crippen LogP contribution in [0.15, 0.2) is 66.2 Å². The Hall–Kier alpha value is -2.13. The monoisotopic (exact) mass is 261 g/mol. The maximum atomic E-state index is 10.0. The van der Waals surface area contributed by atoms with E-state index in [-0.39, 0.29) is 5.69 Å². The summed E-state index contributed by atoms with van der Waals surface area (Å²) in [5.41, 5.74) is 2.78. The van der Waals surface area contributed by atoms with Gasteiger partial charge in [-0.25, -0.2) is 0 Å². The van der Waals surface area contributed by atoms with Gasteiger partial charge in [-0.05, 0) is 11.6 Å². The Kier molecular flexibility index (Phi) is 6.22. The average Bonchev–Trinajstić information content (AvgIpc) is 2.42. The Balaban J connectivity index is 0.000000180. The summed E-state index contributed by atoms with van der Waals surface area (Å²) in [6.07, 6.45) is 1.85. The van der Waals surface area contributed by atoms with Crippen molar-refractivity contribution in [3.63, 3.8) is 0 Å². The minimum Gasteiger partial charge on any atom is -0.258 e. The lowest BCUT2D eigenvalue weighted by Crippen LogP contribution is -1.84. The van der Waals surface area contributed by atoms with E-state index >= 15 is 0 Å². The second-order valence-corrected chi connectivity index (χ2v) is 3.55. The van der Waals surface area contributed by atoms with Crippen molar-refractivity contribution < 1.29 is 4.92 Å². The van der Waals surface area contributed by atoms with Crippen molar-refractivity contribution in [1.82, 2.24) is 0 Å². The molecule has 0 fully saturated rings. The minimum atomic E-state index is -0.417. The smallest absolute Gasteiger partial charge is 0.258 e. The van der Waals surface area contributed by atoms with Crippen LogP contribution >= 0.6 is 11.6 Å². The van der Waals surface area contributed by atoms with Crippen molar-refractivity contribution in [3.8, 4) is 0 Å². The Bertz CT molecular complexity index is 498. The average molecular weight is 262 g/mol. The maximum Gasteiger partial charge on any atom is 0.269 e. The fourth-order valence-corrected chi connectivity index (χ4v) is 1.33. The predicted octanol–water partition coefficient (Wildman–Crippen LogP) is 4.49. The van der Waals surface area contributed by atoms with E-state index in [0.29, 0.717) is 0 Å². The molecular weight excluding hydrogens is 250 g/mol. The summed E-state index contributed by atoms with van der Waals surface area (Å²) in [4.78, 5) is 9.59. The van der Waals surface area contributed by atoms with Gasteiger partial charge >= 0.3 is 0 Å². The summed E-state index contributed by atoms with van der Waals surface area (Å²) < 4.78 is 0. The molecule has 2 aromatic carbocycles. The van der Waals surface area contributed by atoms with Crippen molar-refractivity contribution >= 4 is 23.4 Å². The Morgan fingerprint density at radius 1 is 0.944 bits per heavy atom. The Morgan fingerprint density at radius 2 is 1.44 bits per heavy atom. The molecule has 0 bridgehead atoms. The van der Waals surface area contributed by atoms with Crippen LogP contribution in [0.5, 0.6) is 0 Å². The van der Waals surface area contributed by atoms with Crippen molar-refractivity contribution in [2.75, 3.05) is 0 Å². The van der Waals surface area contributed by atoms with E-state index in [4.69, 9.17) is 11.6 Å². The quantitative estimate of drug-likeness (QED) is 0.590. The van der Waals surface area contributed by atoms with Crippen LogP contribution in [0.3, 0.4) is 0 Å². The fourth-order valence-electron chi connectivity index (χ4n) is 1.19. The lowest BCUT2D eigenvalue weighted by Gasteiger charge is -1.86. The molecule has 0 aliphatic rings. The molecule has 2 rings (SSSR count). The van der Waals surface area contributed by atoms with Crippen LogP contribution in [-0.2, 0) is 0 Å². The van der Waals surface area contributed by atoms with Gasteiger partial charge in [0.05, 0.1) is 4.92 Å². The largest absolute Gasteiger partial charge is 0.269 e. The summed E-state index contributed by atoms with van der Waals surface area (Å²) in [6, 6.07) is 17.9. The van der Waals surface area contributed by atoms with Gasteiger partial charge in [-0.15, -0.1) is 0 Å². The highest BCUT2D eigenvalue weighted by molar-refractivity contribution is 6.27. The van der Waals surface area contributed by atoms with Gasteiger partial charge in [0.1, 0.15) is 0 Å². The molecule has 0 aromatic heterocycles. The zero-order chi connectivity index (χ0) is 13.2. The molecule has 0 atom stereocenters. The maximum absolute atomic E-state index is 10.0. The molecule has 0 unspecified atom stereocenters. The van der Waals surface area contributed by atoms with Gasteiger partial charge in [0.15, 0.2) is 0 Å². The standard InChI is InChI=1S/C8H7Cl.C6H5NO2/c9-7-6-8-4-2-1-3-5-8;8-7(9)6-4-2-1-3-5-6/h1-7H;1-5H. The molecular formula is C14H12ClNO2. The third kappa shape index (κ3) is 5.27. The molecule has 0 saturated heterocycles. The normalized spacial score (nSPS) is 9.61. The summed E-state index contributed by atoms with van der Waals surface area (Å²) in [5, 5.41) is 10.0. The fraction of sp³-hybridized carbons (Fsp3) is 0. The second kappa shape index (κ2) is 8.03. The molecule has 18 heavy (non-hydrogen) atoms. The number of nitro groups is 1. The summed E-state index contributed by atoms with van der Waals surface area (Å²) in [6.45, 7) is 0. The number of non-ortho nitro benzene ring substituents is 1. The van der Waals surface area contributed by atoms with E-state index in [1.54, 1.807) is 18.2 Å².